The molecule has 1 aliphatic heterocycles. The van der Waals surface area contributed by atoms with E-state index in [1.807, 2.05) is 11.8 Å². The number of hydrogen-bond donors (Lipinski definition) is 3. The lowest BCUT2D eigenvalue weighted by Crippen LogP contribution is -2.46. The van der Waals surface area contributed by atoms with E-state index in [4.69, 9.17) is 0 Å². The molecule has 150 valence electrons. The van der Waals surface area contributed by atoms with Gasteiger partial charge in [-0.25, -0.2) is 0 Å². The smallest absolute Gasteiger partial charge is 0.222 e. The van der Waals surface area contributed by atoms with Crippen molar-refractivity contribution in [3.63, 3.8) is 0 Å². The van der Waals surface area contributed by atoms with Crippen LogP contribution in [0.2, 0.25) is 0 Å². The number of halogens is 1. The standard InChI is InChI=1S/C18H33N5O2.HI/c1-3-17(25)23-12-10-15(13-23)22-18(19-2)20-11-9-16(24)21-14-7-5-4-6-8-14;/h14-15H,3-13H2,1-2H3,(H,21,24)(H2,19,20,22);1H. The van der Waals surface area contributed by atoms with Crippen molar-refractivity contribution >= 4 is 41.8 Å². The fourth-order valence-corrected chi connectivity index (χ4v) is 3.56. The molecule has 7 nitrogen and oxygen atoms in total. The zero-order chi connectivity index (χ0) is 18.1. The van der Waals surface area contributed by atoms with E-state index in [2.05, 4.69) is 20.9 Å². The predicted octanol–water partition coefficient (Wildman–Crippen LogP) is 1.62. The summed E-state index contributed by atoms with van der Waals surface area (Å²) >= 11 is 0. The quantitative estimate of drug-likeness (QED) is 0.307. The van der Waals surface area contributed by atoms with Crippen LogP contribution < -0.4 is 16.0 Å². The van der Waals surface area contributed by atoms with Crippen molar-refractivity contribution in [2.45, 2.75) is 70.4 Å². The highest BCUT2D eigenvalue weighted by molar-refractivity contribution is 14.0. The number of nitrogens with one attached hydrogen (secondary N) is 3. The van der Waals surface area contributed by atoms with Gasteiger partial charge in [0.05, 0.1) is 0 Å². The molecule has 26 heavy (non-hydrogen) atoms. The molecule has 2 rings (SSSR count). The molecule has 8 heteroatoms. The Kier molecular flexibility index (Phi) is 10.9. The van der Waals surface area contributed by atoms with E-state index in [1.54, 1.807) is 7.05 Å². The van der Waals surface area contributed by atoms with Crippen LogP contribution in [-0.2, 0) is 9.59 Å². The number of carbonyl (C=O) groups excluding carboxylic acids is 2. The summed E-state index contributed by atoms with van der Waals surface area (Å²) in [7, 11) is 1.72. The minimum Gasteiger partial charge on any atom is -0.356 e. The van der Waals surface area contributed by atoms with Crippen molar-refractivity contribution in [1.82, 2.24) is 20.9 Å². The van der Waals surface area contributed by atoms with Gasteiger partial charge < -0.3 is 20.9 Å². The van der Waals surface area contributed by atoms with Gasteiger partial charge in [-0.1, -0.05) is 26.2 Å². The van der Waals surface area contributed by atoms with Crippen molar-refractivity contribution in [1.29, 1.82) is 0 Å². The molecule has 3 N–H and O–H groups in total. The Balaban J connectivity index is 0.00000338. The van der Waals surface area contributed by atoms with Crippen molar-refractivity contribution in [3.8, 4) is 0 Å². The molecule has 1 heterocycles. The van der Waals surface area contributed by atoms with Crippen LogP contribution in [0.5, 0.6) is 0 Å². The first-order valence-electron chi connectivity index (χ1n) is 9.66. The van der Waals surface area contributed by atoms with Gasteiger partial charge in [0.15, 0.2) is 5.96 Å². The number of aliphatic imine (C=N–C) groups is 1. The van der Waals surface area contributed by atoms with Crippen molar-refractivity contribution < 1.29 is 9.59 Å². The number of carbonyl (C=O) groups is 2. The van der Waals surface area contributed by atoms with Gasteiger partial charge >= 0.3 is 0 Å². The zero-order valence-electron chi connectivity index (χ0n) is 16.1. The third-order valence-electron chi connectivity index (χ3n) is 5.02. The number of hydrogen-bond acceptors (Lipinski definition) is 3. The van der Waals surface area contributed by atoms with Crippen molar-refractivity contribution in [2.24, 2.45) is 4.99 Å². The molecule has 1 unspecified atom stereocenters. The maximum absolute atomic E-state index is 12.0. The summed E-state index contributed by atoms with van der Waals surface area (Å²) < 4.78 is 0. The van der Waals surface area contributed by atoms with Crippen LogP contribution in [0.1, 0.15) is 58.3 Å². The molecule has 1 aliphatic carbocycles. The molecule has 0 aromatic carbocycles. The summed E-state index contributed by atoms with van der Waals surface area (Å²) in [5, 5.41) is 9.67. The highest BCUT2D eigenvalue weighted by Crippen LogP contribution is 2.17. The molecule has 1 saturated heterocycles. The van der Waals surface area contributed by atoms with Crippen LogP contribution >= 0.6 is 24.0 Å². The molecular weight excluding hydrogens is 445 g/mol. The molecule has 1 saturated carbocycles. The number of likely N-dealkylation sites (tertiary alicyclic amines) is 1. The fraction of sp³-hybridized carbons (Fsp3) is 0.833. The molecule has 0 aromatic rings. The largest absolute Gasteiger partial charge is 0.356 e. The Morgan fingerprint density at radius 1 is 1.08 bits per heavy atom. The second kappa shape index (κ2) is 12.3. The fourth-order valence-electron chi connectivity index (χ4n) is 3.56. The van der Waals surface area contributed by atoms with E-state index in [9.17, 15) is 9.59 Å². The Hall–Kier alpha value is -1.06. The summed E-state index contributed by atoms with van der Waals surface area (Å²) in [4.78, 5) is 29.9. The third-order valence-corrected chi connectivity index (χ3v) is 5.02. The van der Waals surface area contributed by atoms with Gasteiger partial charge in [0, 0.05) is 51.6 Å². The first-order valence-corrected chi connectivity index (χ1v) is 9.66. The van der Waals surface area contributed by atoms with Gasteiger partial charge in [-0.05, 0) is 19.3 Å². The minimum atomic E-state index is 0. The number of nitrogens with zero attached hydrogens (tertiary/aromatic N) is 2. The molecular formula is C18H34IN5O2. The molecule has 2 fully saturated rings. The summed E-state index contributed by atoms with van der Waals surface area (Å²) in [6.07, 6.45) is 7.87. The number of rotatable bonds is 6. The molecule has 0 spiro atoms. The third kappa shape index (κ3) is 7.67. The van der Waals surface area contributed by atoms with Crippen molar-refractivity contribution in [2.75, 3.05) is 26.7 Å². The van der Waals surface area contributed by atoms with Crippen LogP contribution in [0.25, 0.3) is 0 Å². The topological polar surface area (TPSA) is 85.8 Å². The average molecular weight is 479 g/mol. The van der Waals surface area contributed by atoms with Gasteiger partial charge in [-0.3, -0.25) is 14.6 Å². The molecule has 0 aromatic heterocycles. The van der Waals surface area contributed by atoms with Crippen LogP contribution in [0.15, 0.2) is 4.99 Å². The Bertz CT molecular complexity index is 480. The first-order chi connectivity index (χ1) is 12.1. The van der Waals surface area contributed by atoms with Crippen LogP contribution in [0.4, 0.5) is 0 Å². The van der Waals surface area contributed by atoms with Crippen LogP contribution in [-0.4, -0.2) is 61.4 Å². The zero-order valence-corrected chi connectivity index (χ0v) is 18.4. The Morgan fingerprint density at radius 3 is 2.46 bits per heavy atom. The second-order valence-electron chi connectivity index (χ2n) is 6.97. The predicted molar refractivity (Wildman–Crippen MR) is 115 cm³/mol. The summed E-state index contributed by atoms with van der Waals surface area (Å²) in [5.74, 6) is 1.00. The average Bonchev–Trinajstić information content (AvgIpc) is 3.09. The normalized spacial score (nSPS) is 21.1. The molecule has 0 radical (unpaired) electrons. The van der Waals surface area contributed by atoms with Crippen LogP contribution in [0, 0.1) is 0 Å². The SMILES string of the molecule is CCC(=O)N1CCC(NC(=NC)NCCC(=O)NC2CCCCC2)C1.I. The Morgan fingerprint density at radius 2 is 1.81 bits per heavy atom. The van der Waals surface area contributed by atoms with Gasteiger partial charge in [0.25, 0.3) is 0 Å². The second-order valence-corrected chi connectivity index (χ2v) is 6.97. The lowest BCUT2D eigenvalue weighted by Gasteiger charge is -2.23. The van der Waals surface area contributed by atoms with Gasteiger partial charge in [-0.2, -0.15) is 0 Å². The Labute approximate surface area is 174 Å². The summed E-state index contributed by atoms with van der Waals surface area (Å²) in [5.41, 5.74) is 0. The monoisotopic (exact) mass is 479 g/mol. The molecule has 2 aliphatic rings. The van der Waals surface area contributed by atoms with Gasteiger partial charge in [-0.15, -0.1) is 24.0 Å². The first kappa shape index (κ1) is 23.0. The van der Waals surface area contributed by atoms with E-state index < -0.39 is 0 Å². The van der Waals surface area contributed by atoms with E-state index in [0.29, 0.717) is 31.4 Å². The van der Waals surface area contributed by atoms with Crippen molar-refractivity contribution in [3.05, 3.63) is 0 Å². The molecule has 1 atom stereocenters. The van der Waals surface area contributed by atoms with E-state index >= 15 is 0 Å². The van der Waals surface area contributed by atoms with E-state index in [1.165, 1.54) is 19.3 Å². The van der Waals surface area contributed by atoms with E-state index in [0.717, 1.165) is 32.4 Å². The summed E-state index contributed by atoms with van der Waals surface area (Å²) in [6.45, 7) is 3.96. The van der Waals surface area contributed by atoms with Crippen LogP contribution in [0.3, 0.4) is 0 Å². The number of guanidine groups is 1. The maximum atomic E-state index is 12.0. The van der Waals surface area contributed by atoms with E-state index in [-0.39, 0.29) is 41.8 Å². The number of amides is 2. The lowest BCUT2D eigenvalue weighted by molar-refractivity contribution is -0.129. The highest BCUT2D eigenvalue weighted by atomic mass is 127. The highest BCUT2D eigenvalue weighted by Gasteiger charge is 2.25. The van der Waals surface area contributed by atoms with Gasteiger partial charge in [0.2, 0.25) is 11.8 Å². The molecule has 2 amide bonds. The maximum Gasteiger partial charge on any atom is 0.222 e. The molecule has 0 bridgehead atoms. The minimum absolute atomic E-state index is 0. The van der Waals surface area contributed by atoms with Gasteiger partial charge in [0.1, 0.15) is 0 Å². The lowest BCUT2D eigenvalue weighted by atomic mass is 9.95. The summed E-state index contributed by atoms with van der Waals surface area (Å²) in [6, 6.07) is 0.581.